The van der Waals surface area contributed by atoms with Gasteiger partial charge < -0.3 is 5.73 Å². The van der Waals surface area contributed by atoms with Gasteiger partial charge in [0.2, 0.25) is 0 Å². The largest absolute Gasteiger partial charge is 0.405 e. The zero-order valence-corrected chi connectivity index (χ0v) is 10.8. The molecule has 0 aromatic rings. The molecule has 0 bridgehead atoms. The lowest BCUT2D eigenvalue weighted by atomic mass is 9.75. The molecule has 0 aromatic carbocycles. The third kappa shape index (κ3) is 3.85. The second-order valence-corrected chi connectivity index (χ2v) is 5.85. The van der Waals surface area contributed by atoms with Gasteiger partial charge in [0.05, 0.1) is 0 Å². The molecule has 0 aromatic heterocycles. The van der Waals surface area contributed by atoms with Gasteiger partial charge in [0.25, 0.3) is 0 Å². The van der Waals surface area contributed by atoms with Crippen LogP contribution in [0.25, 0.3) is 0 Å². The summed E-state index contributed by atoms with van der Waals surface area (Å²) in [6, 6.07) is -1.49. The molecule has 2 nitrogen and oxygen atoms in total. The first-order valence-electron chi connectivity index (χ1n) is 6.16. The average Bonchev–Trinajstić information content (AvgIpc) is 2.16. The molecule has 1 aliphatic rings. The number of rotatable bonds is 3. The van der Waals surface area contributed by atoms with Gasteiger partial charge in [0.15, 0.2) is 0 Å². The van der Waals surface area contributed by atoms with E-state index in [1.807, 2.05) is 0 Å². The summed E-state index contributed by atoms with van der Waals surface area (Å²) in [5.74, 6) is 0. The fourth-order valence-electron chi connectivity index (χ4n) is 2.58. The fraction of sp³-hybridized carbons (Fsp3) is 1.00. The molecule has 1 atom stereocenters. The van der Waals surface area contributed by atoms with Gasteiger partial charge in [-0.3, -0.25) is 4.90 Å². The number of nitrogens with two attached hydrogens (primary N) is 1. The van der Waals surface area contributed by atoms with Crippen molar-refractivity contribution >= 4 is 0 Å². The molecule has 1 saturated carbocycles. The molecule has 1 unspecified atom stereocenters. The molecule has 1 fully saturated rings. The average molecular weight is 252 g/mol. The van der Waals surface area contributed by atoms with Crippen molar-refractivity contribution in [1.82, 2.24) is 4.90 Å². The quantitative estimate of drug-likeness (QED) is 0.837. The van der Waals surface area contributed by atoms with Gasteiger partial charge in [-0.1, -0.05) is 13.8 Å². The van der Waals surface area contributed by atoms with E-state index in [0.29, 0.717) is 0 Å². The van der Waals surface area contributed by atoms with Crippen molar-refractivity contribution in [2.45, 2.75) is 57.8 Å². The molecule has 1 aliphatic carbocycles. The molecule has 5 heteroatoms. The van der Waals surface area contributed by atoms with Gasteiger partial charge in [-0.2, -0.15) is 13.2 Å². The van der Waals surface area contributed by atoms with E-state index in [-0.39, 0.29) is 18.0 Å². The van der Waals surface area contributed by atoms with Gasteiger partial charge in [0, 0.05) is 12.6 Å². The molecular formula is C12H23F3N2. The minimum absolute atomic E-state index is 0.0122. The third-order valence-electron chi connectivity index (χ3n) is 3.98. The number of alkyl halides is 3. The second kappa shape index (κ2) is 5.14. The van der Waals surface area contributed by atoms with Crippen LogP contribution in [0, 0.1) is 5.41 Å². The van der Waals surface area contributed by atoms with Crippen LogP contribution in [-0.4, -0.2) is 36.8 Å². The van der Waals surface area contributed by atoms with Gasteiger partial charge >= 0.3 is 6.18 Å². The molecule has 0 saturated heterocycles. The topological polar surface area (TPSA) is 29.3 Å². The first kappa shape index (κ1) is 14.8. The van der Waals surface area contributed by atoms with Crippen LogP contribution in [0.2, 0.25) is 0 Å². The van der Waals surface area contributed by atoms with Gasteiger partial charge in [-0.25, -0.2) is 0 Å². The SMILES string of the molecule is CN(C1CCC(C)(C)CC1)C(CN)C(F)(F)F. The van der Waals surface area contributed by atoms with Crippen molar-refractivity contribution < 1.29 is 13.2 Å². The number of hydrogen-bond acceptors (Lipinski definition) is 2. The number of halogens is 3. The monoisotopic (exact) mass is 252 g/mol. The van der Waals surface area contributed by atoms with Crippen molar-refractivity contribution in [3.63, 3.8) is 0 Å². The number of hydrogen-bond donors (Lipinski definition) is 1. The molecule has 0 amide bonds. The first-order valence-corrected chi connectivity index (χ1v) is 6.16. The fourth-order valence-corrected chi connectivity index (χ4v) is 2.58. The van der Waals surface area contributed by atoms with Crippen LogP contribution in [0.5, 0.6) is 0 Å². The summed E-state index contributed by atoms with van der Waals surface area (Å²) >= 11 is 0. The molecule has 0 heterocycles. The normalized spacial score (nSPS) is 24.0. The summed E-state index contributed by atoms with van der Waals surface area (Å²) in [4.78, 5) is 1.43. The Bertz CT molecular complexity index is 241. The molecule has 0 aliphatic heterocycles. The van der Waals surface area contributed by atoms with Gasteiger partial charge in [-0.05, 0) is 38.1 Å². The van der Waals surface area contributed by atoms with Crippen LogP contribution in [0.3, 0.4) is 0 Å². The van der Waals surface area contributed by atoms with Crippen molar-refractivity contribution in [1.29, 1.82) is 0 Å². The Morgan fingerprint density at radius 1 is 1.29 bits per heavy atom. The van der Waals surface area contributed by atoms with E-state index < -0.39 is 12.2 Å². The highest BCUT2D eigenvalue weighted by Gasteiger charge is 2.44. The van der Waals surface area contributed by atoms with Crippen LogP contribution in [0.15, 0.2) is 0 Å². The summed E-state index contributed by atoms with van der Waals surface area (Å²) in [5.41, 5.74) is 5.53. The summed E-state index contributed by atoms with van der Waals surface area (Å²) in [6.45, 7) is 3.99. The van der Waals surface area contributed by atoms with Crippen LogP contribution < -0.4 is 5.73 Å². The Morgan fingerprint density at radius 3 is 2.12 bits per heavy atom. The Kier molecular flexibility index (Phi) is 4.47. The van der Waals surface area contributed by atoms with Crippen LogP contribution in [0.4, 0.5) is 13.2 Å². The number of likely N-dealkylation sites (N-methyl/N-ethyl adjacent to an activating group) is 1. The van der Waals surface area contributed by atoms with Crippen LogP contribution >= 0.6 is 0 Å². The lowest BCUT2D eigenvalue weighted by Crippen LogP contribution is -2.53. The van der Waals surface area contributed by atoms with Crippen molar-refractivity contribution in [3.05, 3.63) is 0 Å². The lowest BCUT2D eigenvalue weighted by molar-refractivity contribution is -0.184. The van der Waals surface area contributed by atoms with Crippen molar-refractivity contribution in [2.75, 3.05) is 13.6 Å². The summed E-state index contributed by atoms with van der Waals surface area (Å²) < 4.78 is 38.3. The third-order valence-corrected chi connectivity index (χ3v) is 3.98. The Balaban J connectivity index is 2.61. The Hall–Kier alpha value is -0.290. The molecular weight excluding hydrogens is 229 g/mol. The zero-order chi connectivity index (χ0) is 13.3. The minimum atomic E-state index is -4.23. The number of nitrogens with zero attached hydrogens (tertiary/aromatic N) is 1. The Labute approximate surface area is 101 Å². The molecule has 0 spiro atoms. The maximum absolute atomic E-state index is 12.8. The highest BCUT2D eigenvalue weighted by atomic mass is 19.4. The summed E-state index contributed by atoms with van der Waals surface area (Å²) in [6.07, 6.45) is -0.600. The standard InChI is InChI=1S/C12H23F3N2/c1-11(2)6-4-9(5-7-11)17(3)10(8-16)12(13,14)15/h9-10H,4-8,16H2,1-3H3. The molecule has 17 heavy (non-hydrogen) atoms. The van der Waals surface area contributed by atoms with Crippen molar-refractivity contribution in [2.24, 2.45) is 11.1 Å². The Morgan fingerprint density at radius 2 is 1.76 bits per heavy atom. The highest BCUT2D eigenvalue weighted by Crippen LogP contribution is 2.38. The lowest BCUT2D eigenvalue weighted by Gasteiger charge is -2.41. The predicted molar refractivity (Wildman–Crippen MR) is 62.7 cm³/mol. The summed E-state index contributed by atoms with van der Waals surface area (Å²) in [5, 5.41) is 0. The second-order valence-electron chi connectivity index (χ2n) is 5.85. The molecule has 0 radical (unpaired) electrons. The van der Waals surface area contributed by atoms with E-state index in [9.17, 15) is 13.2 Å². The maximum Gasteiger partial charge on any atom is 0.405 e. The van der Waals surface area contributed by atoms with E-state index in [0.717, 1.165) is 25.7 Å². The van der Waals surface area contributed by atoms with Gasteiger partial charge in [0.1, 0.15) is 6.04 Å². The van der Waals surface area contributed by atoms with E-state index in [2.05, 4.69) is 13.8 Å². The van der Waals surface area contributed by atoms with E-state index in [1.165, 1.54) is 4.90 Å². The first-order chi connectivity index (χ1) is 7.67. The zero-order valence-electron chi connectivity index (χ0n) is 10.8. The van der Waals surface area contributed by atoms with Crippen LogP contribution in [0.1, 0.15) is 39.5 Å². The predicted octanol–water partition coefficient (Wildman–Crippen LogP) is 2.78. The van der Waals surface area contributed by atoms with Crippen molar-refractivity contribution in [3.8, 4) is 0 Å². The smallest absolute Gasteiger partial charge is 0.329 e. The molecule has 1 rings (SSSR count). The van der Waals surface area contributed by atoms with E-state index in [1.54, 1.807) is 7.05 Å². The molecule has 102 valence electrons. The maximum atomic E-state index is 12.8. The van der Waals surface area contributed by atoms with Crippen LogP contribution in [-0.2, 0) is 0 Å². The van der Waals surface area contributed by atoms with Gasteiger partial charge in [-0.15, -0.1) is 0 Å². The highest BCUT2D eigenvalue weighted by molar-refractivity contribution is 4.88. The van der Waals surface area contributed by atoms with E-state index in [4.69, 9.17) is 5.73 Å². The minimum Gasteiger partial charge on any atom is -0.329 e. The summed E-state index contributed by atoms with van der Waals surface area (Å²) in [7, 11) is 1.55. The molecule has 2 N–H and O–H groups in total. The van der Waals surface area contributed by atoms with E-state index >= 15 is 0 Å².